The van der Waals surface area contributed by atoms with E-state index in [1.54, 1.807) is 6.92 Å². The third-order valence-electron chi connectivity index (χ3n) is 6.83. The smallest absolute Gasteiger partial charge is 0.329 e. The highest BCUT2D eigenvalue weighted by molar-refractivity contribution is 8.00. The molecule has 0 aromatic heterocycles. The summed E-state index contributed by atoms with van der Waals surface area (Å²) in [4.78, 5) is 41.6. The number of anilines is 1. The highest BCUT2D eigenvalue weighted by Crippen LogP contribution is 2.26. The standard InChI is InChI=1S/C29H37F3N4O4S/c1-5-40-29(39)26(17(2)3)35(4)21-8-6-18(7-9-21)16-34-27(38)28-36(10-11-41-28)25(37)14-20(33)12-19-13-23(31)24(32)15-22(19)30/h6-9,13,15,17,20,26,28H,5,10-12,14,16,33H2,1-4H3,(H,34,38). The number of halogens is 3. The van der Waals surface area contributed by atoms with E-state index in [9.17, 15) is 27.6 Å². The van der Waals surface area contributed by atoms with E-state index in [1.807, 2.05) is 50.1 Å². The monoisotopic (exact) mass is 594 g/mol. The number of nitrogens with two attached hydrogens (primary N) is 1. The van der Waals surface area contributed by atoms with Gasteiger partial charge in [0.2, 0.25) is 5.91 Å². The number of esters is 1. The van der Waals surface area contributed by atoms with E-state index in [-0.39, 0.29) is 48.7 Å². The number of carbonyl (C=O) groups is 3. The molecule has 3 atom stereocenters. The minimum absolute atomic E-state index is 0.0363. The minimum atomic E-state index is -1.30. The molecule has 0 bridgehead atoms. The average molecular weight is 595 g/mol. The van der Waals surface area contributed by atoms with E-state index in [0.717, 1.165) is 17.3 Å². The maximum Gasteiger partial charge on any atom is 0.329 e. The molecule has 0 aliphatic carbocycles. The first-order valence-corrected chi connectivity index (χ1v) is 14.5. The van der Waals surface area contributed by atoms with E-state index in [2.05, 4.69) is 5.32 Å². The van der Waals surface area contributed by atoms with Crippen molar-refractivity contribution in [1.82, 2.24) is 10.2 Å². The zero-order valence-corrected chi connectivity index (χ0v) is 24.5. The second-order valence-corrected chi connectivity index (χ2v) is 11.5. The van der Waals surface area contributed by atoms with E-state index in [0.29, 0.717) is 25.0 Å². The van der Waals surface area contributed by atoms with Crippen LogP contribution in [0.4, 0.5) is 18.9 Å². The van der Waals surface area contributed by atoms with Gasteiger partial charge in [-0.2, -0.15) is 0 Å². The molecule has 224 valence electrons. The Labute approximate surface area is 242 Å². The largest absolute Gasteiger partial charge is 0.464 e. The molecule has 41 heavy (non-hydrogen) atoms. The molecule has 1 saturated heterocycles. The molecule has 0 spiro atoms. The Kier molecular flexibility index (Phi) is 11.5. The number of nitrogens with one attached hydrogen (secondary N) is 1. The number of hydrogen-bond donors (Lipinski definition) is 2. The lowest BCUT2D eigenvalue weighted by Crippen LogP contribution is -2.46. The predicted octanol–water partition coefficient (Wildman–Crippen LogP) is 3.61. The summed E-state index contributed by atoms with van der Waals surface area (Å²) in [7, 11) is 1.83. The number of ether oxygens (including phenoxy) is 1. The van der Waals surface area contributed by atoms with Gasteiger partial charge in [-0.05, 0) is 48.6 Å². The Morgan fingerprint density at radius 1 is 1.12 bits per heavy atom. The molecule has 3 rings (SSSR count). The molecular formula is C29H37F3N4O4S. The molecule has 1 heterocycles. The Bertz CT molecular complexity index is 1230. The lowest BCUT2D eigenvalue weighted by atomic mass is 10.0. The molecule has 2 aromatic rings. The molecule has 0 saturated carbocycles. The van der Waals surface area contributed by atoms with Gasteiger partial charge in [0.05, 0.1) is 6.61 Å². The molecule has 2 aromatic carbocycles. The number of benzene rings is 2. The van der Waals surface area contributed by atoms with Gasteiger partial charge in [0.1, 0.15) is 11.9 Å². The Morgan fingerprint density at radius 3 is 2.41 bits per heavy atom. The second kappa shape index (κ2) is 14.6. The van der Waals surface area contributed by atoms with Crippen LogP contribution in [-0.4, -0.2) is 66.1 Å². The van der Waals surface area contributed by atoms with Gasteiger partial charge in [-0.1, -0.05) is 26.0 Å². The number of likely N-dealkylation sites (N-methyl/N-ethyl adjacent to an activating group) is 1. The van der Waals surface area contributed by atoms with Crippen molar-refractivity contribution in [2.75, 3.05) is 30.9 Å². The third-order valence-corrected chi connectivity index (χ3v) is 8.03. The fourth-order valence-corrected chi connectivity index (χ4v) is 5.91. The van der Waals surface area contributed by atoms with E-state index >= 15 is 0 Å². The molecule has 3 N–H and O–H groups in total. The SMILES string of the molecule is CCOC(=O)C(C(C)C)N(C)c1ccc(CNC(=O)C2SCCN2C(=O)CC(N)Cc2cc(F)c(F)cc2F)cc1. The molecule has 8 nitrogen and oxygen atoms in total. The first-order valence-electron chi connectivity index (χ1n) is 13.5. The zero-order valence-electron chi connectivity index (χ0n) is 23.7. The van der Waals surface area contributed by atoms with Crippen molar-refractivity contribution in [3.63, 3.8) is 0 Å². The number of hydrogen-bond acceptors (Lipinski definition) is 7. The van der Waals surface area contributed by atoms with Crippen molar-refractivity contribution in [1.29, 1.82) is 0 Å². The van der Waals surface area contributed by atoms with Gasteiger partial charge in [0, 0.05) is 50.1 Å². The van der Waals surface area contributed by atoms with Crippen LogP contribution in [0.15, 0.2) is 36.4 Å². The molecule has 12 heteroatoms. The van der Waals surface area contributed by atoms with Crippen LogP contribution >= 0.6 is 11.8 Å². The van der Waals surface area contributed by atoms with Gasteiger partial charge in [-0.3, -0.25) is 9.59 Å². The van der Waals surface area contributed by atoms with Gasteiger partial charge >= 0.3 is 5.97 Å². The maximum atomic E-state index is 14.0. The van der Waals surface area contributed by atoms with Crippen LogP contribution in [0.2, 0.25) is 0 Å². The van der Waals surface area contributed by atoms with Crippen molar-refractivity contribution in [2.24, 2.45) is 11.7 Å². The summed E-state index contributed by atoms with van der Waals surface area (Å²) in [6.45, 7) is 6.58. The molecule has 1 fully saturated rings. The summed E-state index contributed by atoms with van der Waals surface area (Å²) in [6, 6.07) is 7.37. The number of rotatable bonds is 12. The lowest BCUT2D eigenvalue weighted by Gasteiger charge is -2.31. The van der Waals surface area contributed by atoms with E-state index in [1.165, 1.54) is 16.7 Å². The highest BCUT2D eigenvalue weighted by Gasteiger charge is 2.35. The van der Waals surface area contributed by atoms with Crippen LogP contribution in [0.3, 0.4) is 0 Å². The molecule has 2 amide bonds. The number of nitrogens with zero attached hydrogens (tertiary/aromatic N) is 2. The van der Waals surface area contributed by atoms with Gasteiger partial charge in [0.25, 0.3) is 5.91 Å². The first kappa shape index (κ1) is 32.3. The highest BCUT2D eigenvalue weighted by atomic mass is 32.2. The van der Waals surface area contributed by atoms with Crippen molar-refractivity contribution >= 4 is 35.2 Å². The molecule has 3 unspecified atom stereocenters. The summed E-state index contributed by atoms with van der Waals surface area (Å²) in [5.74, 6) is -3.80. The van der Waals surface area contributed by atoms with E-state index < -0.39 is 34.9 Å². The second-order valence-electron chi connectivity index (χ2n) is 10.3. The lowest BCUT2D eigenvalue weighted by molar-refractivity contribution is -0.145. The van der Waals surface area contributed by atoms with Crippen molar-refractivity contribution in [2.45, 2.75) is 57.6 Å². The van der Waals surface area contributed by atoms with Crippen LogP contribution in [0, 0.1) is 23.4 Å². The van der Waals surface area contributed by atoms with Gasteiger partial charge in [0.15, 0.2) is 17.0 Å². The van der Waals surface area contributed by atoms with Crippen molar-refractivity contribution in [3.8, 4) is 0 Å². The molecule has 1 aliphatic rings. The Morgan fingerprint density at radius 2 is 1.78 bits per heavy atom. The van der Waals surface area contributed by atoms with Gasteiger partial charge in [-0.25, -0.2) is 18.0 Å². The molecule has 0 radical (unpaired) electrons. The topological polar surface area (TPSA) is 105 Å². The first-order chi connectivity index (χ1) is 19.4. The van der Waals surface area contributed by atoms with Gasteiger partial charge in [-0.15, -0.1) is 11.8 Å². The predicted molar refractivity (Wildman–Crippen MR) is 153 cm³/mol. The zero-order chi connectivity index (χ0) is 30.3. The van der Waals surface area contributed by atoms with E-state index in [4.69, 9.17) is 10.5 Å². The summed E-state index contributed by atoms with van der Waals surface area (Å²) in [5, 5.41) is 2.12. The normalized spacial score (nSPS) is 16.4. The summed E-state index contributed by atoms with van der Waals surface area (Å²) in [6.07, 6.45) is -0.337. The number of carbonyl (C=O) groups excluding carboxylic acids is 3. The van der Waals surface area contributed by atoms with Crippen molar-refractivity contribution < 1.29 is 32.3 Å². The summed E-state index contributed by atoms with van der Waals surface area (Å²) < 4.78 is 45.9. The van der Waals surface area contributed by atoms with Crippen LogP contribution in [0.1, 0.15) is 38.3 Å². The fourth-order valence-electron chi connectivity index (χ4n) is 4.75. The maximum absolute atomic E-state index is 14.0. The quantitative estimate of drug-likeness (QED) is 0.286. The Balaban J connectivity index is 1.55. The van der Waals surface area contributed by atoms with Gasteiger partial charge < -0.3 is 25.6 Å². The fraction of sp³-hybridized carbons (Fsp3) is 0.483. The van der Waals surface area contributed by atoms with Crippen LogP contribution in [0.5, 0.6) is 0 Å². The molecular weight excluding hydrogens is 557 g/mol. The minimum Gasteiger partial charge on any atom is -0.464 e. The summed E-state index contributed by atoms with van der Waals surface area (Å²) in [5.41, 5.74) is 7.57. The van der Waals surface area contributed by atoms with Crippen LogP contribution in [-0.2, 0) is 32.1 Å². The average Bonchev–Trinajstić information content (AvgIpc) is 3.41. The number of amides is 2. The van der Waals surface area contributed by atoms with Crippen LogP contribution in [0.25, 0.3) is 0 Å². The summed E-state index contributed by atoms with van der Waals surface area (Å²) >= 11 is 1.33. The number of thioether (sulfide) groups is 1. The Hall–Kier alpha value is -3.25. The third kappa shape index (κ3) is 8.38. The van der Waals surface area contributed by atoms with Crippen molar-refractivity contribution in [3.05, 3.63) is 65.0 Å². The van der Waals surface area contributed by atoms with Crippen LogP contribution < -0.4 is 16.0 Å². The molecule has 1 aliphatic heterocycles.